The van der Waals surface area contributed by atoms with Gasteiger partial charge in [-0.1, -0.05) is 0 Å². The molecular weight excluding hydrogens is 222 g/mol. The first-order chi connectivity index (χ1) is 7.71. The molecule has 86 valence electrons. The first-order valence-corrected chi connectivity index (χ1v) is 6.26. The van der Waals surface area contributed by atoms with Crippen molar-refractivity contribution < 1.29 is 5.11 Å². The molecule has 0 bridgehead atoms. The lowest BCUT2D eigenvalue weighted by atomic mass is 10.2. The van der Waals surface area contributed by atoms with E-state index in [0.717, 1.165) is 5.69 Å². The molecule has 0 aliphatic rings. The van der Waals surface area contributed by atoms with Gasteiger partial charge in [0.1, 0.15) is 11.8 Å². The van der Waals surface area contributed by atoms with Crippen LogP contribution in [0.2, 0.25) is 0 Å². The summed E-state index contributed by atoms with van der Waals surface area (Å²) in [6, 6.07) is 5.64. The van der Waals surface area contributed by atoms with Crippen LogP contribution in [0.4, 0.5) is 5.69 Å². The van der Waals surface area contributed by atoms with Crippen molar-refractivity contribution in [3.63, 3.8) is 0 Å². The number of thioether (sulfide) groups is 1. The number of hydrogen-bond donors (Lipinski definition) is 2. The summed E-state index contributed by atoms with van der Waals surface area (Å²) in [7, 11) is 0. The third-order valence-corrected chi connectivity index (χ3v) is 3.47. The van der Waals surface area contributed by atoms with Gasteiger partial charge in [0, 0.05) is 23.2 Å². The largest absolute Gasteiger partial charge is 0.395 e. The Hall–Kier alpha value is -1.25. The predicted molar refractivity (Wildman–Crippen MR) is 66.4 cm³/mol. The first kappa shape index (κ1) is 12.8. The highest BCUT2D eigenvalue weighted by Crippen LogP contribution is 2.16. The molecule has 0 radical (unpaired) electrons. The summed E-state index contributed by atoms with van der Waals surface area (Å²) in [6.45, 7) is 2.13. The molecule has 0 saturated heterocycles. The predicted octanol–water partition coefficient (Wildman–Crippen LogP) is 1.48. The highest BCUT2D eigenvalue weighted by atomic mass is 32.2. The van der Waals surface area contributed by atoms with Gasteiger partial charge in [0.25, 0.3) is 0 Å². The summed E-state index contributed by atoms with van der Waals surface area (Å²) >= 11 is 1.61. The lowest BCUT2D eigenvalue weighted by molar-refractivity contribution is 0.288. The van der Waals surface area contributed by atoms with Crippen LogP contribution in [0.5, 0.6) is 0 Å². The van der Waals surface area contributed by atoms with E-state index in [4.69, 9.17) is 10.4 Å². The number of nitrogens with one attached hydrogen (secondary N) is 1. The van der Waals surface area contributed by atoms with Crippen LogP contribution in [0.15, 0.2) is 18.3 Å². The van der Waals surface area contributed by atoms with Gasteiger partial charge >= 0.3 is 0 Å². The second-order valence-corrected chi connectivity index (χ2v) is 4.51. The Labute approximate surface area is 99.7 Å². The second-order valence-electron chi connectivity index (χ2n) is 3.43. The van der Waals surface area contributed by atoms with Crippen molar-refractivity contribution in [1.82, 2.24) is 4.98 Å². The molecule has 2 atom stereocenters. The SMILES string of the molecule is CSC(CO)C(C)Nc1ccnc(C#N)c1. The van der Waals surface area contributed by atoms with Crippen LogP contribution in [-0.4, -0.2) is 34.2 Å². The van der Waals surface area contributed by atoms with E-state index in [1.165, 1.54) is 0 Å². The molecule has 1 aromatic heterocycles. The van der Waals surface area contributed by atoms with Crippen LogP contribution in [0.1, 0.15) is 12.6 Å². The number of pyridine rings is 1. The maximum absolute atomic E-state index is 9.15. The Morgan fingerprint density at radius 1 is 1.69 bits per heavy atom. The number of hydrogen-bond acceptors (Lipinski definition) is 5. The Morgan fingerprint density at radius 3 is 3.00 bits per heavy atom. The minimum absolute atomic E-state index is 0.130. The van der Waals surface area contributed by atoms with Gasteiger partial charge in [-0.3, -0.25) is 0 Å². The molecule has 0 spiro atoms. The van der Waals surface area contributed by atoms with Gasteiger partial charge in [-0.25, -0.2) is 4.98 Å². The minimum atomic E-state index is 0.130. The molecule has 2 unspecified atom stereocenters. The maximum Gasteiger partial charge on any atom is 0.142 e. The van der Waals surface area contributed by atoms with E-state index in [0.29, 0.717) is 5.69 Å². The summed E-state index contributed by atoms with van der Waals surface area (Å²) in [5, 5.41) is 21.2. The summed E-state index contributed by atoms with van der Waals surface area (Å²) in [5.41, 5.74) is 1.24. The van der Waals surface area contributed by atoms with Gasteiger partial charge in [0.05, 0.1) is 6.61 Å². The van der Waals surface area contributed by atoms with Crippen LogP contribution in [0.3, 0.4) is 0 Å². The molecule has 1 aromatic rings. The van der Waals surface area contributed by atoms with E-state index < -0.39 is 0 Å². The van der Waals surface area contributed by atoms with Crippen molar-refractivity contribution in [2.24, 2.45) is 0 Å². The van der Waals surface area contributed by atoms with E-state index >= 15 is 0 Å². The van der Waals surface area contributed by atoms with Crippen molar-refractivity contribution >= 4 is 17.4 Å². The van der Waals surface area contributed by atoms with Gasteiger partial charge in [-0.15, -0.1) is 0 Å². The fraction of sp³-hybridized carbons (Fsp3) is 0.455. The van der Waals surface area contributed by atoms with Crippen molar-refractivity contribution in [1.29, 1.82) is 5.26 Å². The van der Waals surface area contributed by atoms with Crippen LogP contribution < -0.4 is 5.32 Å². The van der Waals surface area contributed by atoms with E-state index in [1.54, 1.807) is 24.0 Å². The number of aliphatic hydroxyl groups excluding tert-OH is 1. The summed E-state index contributed by atoms with van der Waals surface area (Å²) in [5.74, 6) is 0. The number of aliphatic hydroxyl groups is 1. The molecule has 0 fully saturated rings. The van der Waals surface area contributed by atoms with Gasteiger partial charge < -0.3 is 10.4 Å². The molecule has 0 saturated carbocycles. The molecule has 5 heteroatoms. The molecule has 1 rings (SSSR count). The zero-order valence-electron chi connectivity index (χ0n) is 9.34. The second kappa shape index (κ2) is 6.36. The number of nitriles is 1. The topological polar surface area (TPSA) is 68.9 Å². The van der Waals surface area contributed by atoms with E-state index in [2.05, 4.69) is 10.3 Å². The Balaban J connectivity index is 2.69. The summed E-state index contributed by atoms with van der Waals surface area (Å²) < 4.78 is 0. The van der Waals surface area contributed by atoms with E-state index in [1.807, 2.05) is 25.3 Å². The monoisotopic (exact) mass is 237 g/mol. The molecule has 0 amide bonds. The van der Waals surface area contributed by atoms with Crippen molar-refractivity contribution in [2.75, 3.05) is 18.2 Å². The highest BCUT2D eigenvalue weighted by Gasteiger charge is 2.14. The van der Waals surface area contributed by atoms with Crippen molar-refractivity contribution in [3.05, 3.63) is 24.0 Å². The third kappa shape index (κ3) is 3.40. The smallest absolute Gasteiger partial charge is 0.142 e. The number of nitrogens with zero attached hydrogens (tertiary/aromatic N) is 2. The molecule has 16 heavy (non-hydrogen) atoms. The third-order valence-electron chi connectivity index (χ3n) is 2.31. The maximum atomic E-state index is 9.15. The zero-order valence-corrected chi connectivity index (χ0v) is 10.2. The fourth-order valence-corrected chi connectivity index (χ4v) is 2.00. The van der Waals surface area contributed by atoms with Crippen LogP contribution in [0.25, 0.3) is 0 Å². The van der Waals surface area contributed by atoms with Gasteiger partial charge in [-0.05, 0) is 25.3 Å². The molecule has 0 aliphatic heterocycles. The average Bonchev–Trinajstić information content (AvgIpc) is 2.31. The molecule has 0 aromatic carbocycles. The Kier molecular flexibility index (Phi) is 5.09. The molecule has 4 nitrogen and oxygen atoms in total. The fourth-order valence-electron chi connectivity index (χ4n) is 1.37. The average molecular weight is 237 g/mol. The van der Waals surface area contributed by atoms with Crippen LogP contribution >= 0.6 is 11.8 Å². The molecule has 2 N–H and O–H groups in total. The lowest BCUT2D eigenvalue weighted by Gasteiger charge is -2.22. The van der Waals surface area contributed by atoms with Gasteiger partial charge in [0.2, 0.25) is 0 Å². The van der Waals surface area contributed by atoms with Gasteiger partial charge in [-0.2, -0.15) is 17.0 Å². The normalized spacial score (nSPS) is 13.9. The number of rotatable bonds is 5. The Morgan fingerprint density at radius 2 is 2.44 bits per heavy atom. The quantitative estimate of drug-likeness (QED) is 0.811. The zero-order chi connectivity index (χ0) is 12.0. The van der Waals surface area contributed by atoms with E-state index in [-0.39, 0.29) is 17.9 Å². The summed E-state index contributed by atoms with van der Waals surface area (Å²) in [6.07, 6.45) is 3.56. The highest BCUT2D eigenvalue weighted by molar-refractivity contribution is 7.99. The molecular formula is C11H15N3OS. The lowest BCUT2D eigenvalue weighted by Crippen LogP contribution is -2.30. The van der Waals surface area contributed by atoms with Crippen molar-refractivity contribution in [3.8, 4) is 6.07 Å². The molecule has 0 aliphatic carbocycles. The Bertz CT molecular complexity index is 374. The van der Waals surface area contributed by atoms with E-state index in [9.17, 15) is 0 Å². The minimum Gasteiger partial charge on any atom is -0.395 e. The number of anilines is 1. The number of aromatic nitrogens is 1. The van der Waals surface area contributed by atoms with Crippen LogP contribution in [-0.2, 0) is 0 Å². The summed E-state index contributed by atoms with van der Waals surface area (Å²) in [4.78, 5) is 3.89. The first-order valence-electron chi connectivity index (χ1n) is 4.97. The standard InChI is InChI=1S/C11H15N3OS/c1-8(11(7-15)16-2)14-9-3-4-13-10(5-9)6-12/h3-5,8,11,15H,7H2,1-2H3,(H,13,14). The van der Waals surface area contributed by atoms with Crippen LogP contribution in [0, 0.1) is 11.3 Å². The van der Waals surface area contributed by atoms with Crippen molar-refractivity contribution in [2.45, 2.75) is 18.2 Å². The molecule has 1 heterocycles. The van der Waals surface area contributed by atoms with Gasteiger partial charge in [0.15, 0.2) is 0 Å².